The second-order valence-corrected chi connectivity index (χ2v) is 21.4. The summed E-state index contributed by atoms with van der Waals surface area (Å²) in [6, 6.07) is 0. The van der Waals surface area contributed by atoms with E-state index >= 15 is 0 Å². The molecule has 10 heteroatoms. The summed E-state index contributed by atoms with van der Waals surface area (Å²) in [6.07, 6.45) is 78.3. The number of ether oxygens (including phenoxy) is 2. The third-order valence-corrected chi connectivity index (χ3v) is 12.7. The third kappa shape index (κ3) is 57.4. The summed E-state index contributed by atoms with van der Waals surface area (Å²) in [5, 5.41) is 0. The molecule has 420 valence electrons. The van der Waals surface area contributed by atoms with Gasteiger partial charge in [-0.1, -0.05) is 231 Å². The molecule has 0 radical (unpaired) electrons. The second kappa shape index (κ2) is 54.0. The Morgan fingerprint density at radius 1 is 0.432 bits per heavy atom. The van der Waals surface area contributed by atoms with Gasteiger partial charge in [0.15, 0.2) is 6.10 Å². The van der Waals surface area contributed by atoms with Crippen LogP contribution in [0.5, 0.6) is 0 Å². The van der Waals surface area contributed by atoms with E-state index in [0.29, 0.717) is 17.4 Å². The van der Waals surface area contributed by atoms with Crippen LogP contribution in [0.4, 0.5) is 0 Å². The fraction of sp³-hybridized carbons (Fsp3) is 0.625. The van der Waals surface area contributed by atoms with Crippen molar-refractivity contribution in [2.75, 3.05) is 47.5 Å². The minimum Gasteiger partial charge on any atom is -0.462 e. The van der Waals surface area contributed by atoms with E-state index in [4.69, 9.17) is 18.5 Å². The predicted octanol–water partition coefficient (Wildman–Crippen LogP) is 18.1. The zero-order valence-corrected chi connectivity index (χ0v) is 48.4. The van der Waals surface area contributed by atoms with Crippen LogP contribution in [0.2, 0.25) is 0 Å². The van der Waals surface area contributed by atoms with Gasteiger partial charge in [0.25, 0.3) is 0 Å². The molecule has 0 bridgehead atoms. The molecule has 0 rings (SSSR count). The van der Waals surface area contributed by atoms with Crippen LogP contribution in [0.1, 0.15) is 206 Å². The number of carbonyl (C=O) groups excluding carboxylic acids is 2. The average molecular weight is 1050 g/mol. The lowest BCUT2D eigenvalue weighted by Crippen LogP contribution is -2.37. The van der Waals surface area contributed by atoms with Crippen LogP contribution < -0.4 is 0 Å². The molecular weight excluding hydrogens is 942 g/mol. The SMILES string of the molecule is CC/C=C\C/C=C\C/C=C\C/C=C\C/C=C\C/C=C\C/C=C\C/C=C\C/C=C\C/C=C\C/C=C\CCCCCCCCCC(=O)OC(COC(=O)CCCCCCCCCCC)COP(=O)(O)OCC[N+](C)(C)C. The number of carbonyl (C=O) groups is 2. The number of phosphoric ester groups is 1. The molecule has 0 aliphatic heterocycles. The molecule has 0 fully saturated rings. The lowest BCUT2D eigenvalue weighted by molar-refractivity contribution is -0.870. The predicted molar refractivity (Wildman–Crippen MR) is 316 cm³/mol. The molecular formula is C64H107NO8P+. The van der Waals surface area contributed by atoms with Gasteiger partial charge in [-0.05, 0) is 96.3 Å². The number of nitrogens with zero attached hydrogens (tertiary/aromatic N) is 1. The Hall–Kier alpha value is -3.85. The maximum absolute atomic E-state index is 12.8. The van der Waals surface area contributed by atoms with Gasteiger partial charge in [0.05, 0.1) is 27.7 Å². The number of hydrogen-bond acceptors (Lipinski definition) is 7. The molecule has 0 saturated heterocycles. The van der Waals surface area contributed by atoms with E-state index in [2.05, 4.69) is 148 Å². The first-order valence-electron chi connectivity index (χ1n) is 28.9. The van der Waals surface area contributed by atoms with Gasteiger partial charge in [-0.15, -0.1) is 0 Å². The smallest absolute Gasteiger partial charge is 0.462 e. The third-order valence-electron chi connectivity index (χ3n) is 11.7. The Kier molecular flexibility index (Phi) is 51.2. The summed E-state index contributed by atoms with van der Waals surface area (Å²) in [5.74, 6) is -0.822. The maximum atomic E-state index is 12.8. The van der Waals surface area contributed by atoms with Gasteiger partial charge in [-0.25, -0.2) is 4.57 Å². The van der Waals surface area contributed by atoms with Gasteiger partial charge >= 0.3 is 19.8 Å². The summed E-state index contributed by atoms with van der Waals surface area (Å²) in [6.45, 7) is 4.25. The van der Waals surface area contributed by atoms with Crippen molar-refractivity contribution < 1.29 is 42.1 Å². The van der Waals surface area contributed by atoms with Gasteiger partial charge in [-0.3, -0.25) is 18.6 Å². The summed E-state index contributed by atoms with van der Waals surface area (Å²) in [4.78, 5) is 35.4. The minimum atomic E-state index is -4.39. The molecule has 2 unspecified atom stereocenters. The lowest BCUT2D eigenvalue weighted by atomic mass is 10.1. The lowest BCUT2D eigenvalue weighted by Gasteiger charge is -2.24. The van der Waals surface area contributed by atoms with Gasteiger partial charge in [0.2, 0.25) is 0 Å². The Morgan fingerprint density at radius 2 is 0.770 bits per heavy atom. The molecule has 0 aromatic carbocycles. The highest BCUT2D eigenvalue weighted by Crippen LogP contribution is 2.43. The standard InChI is InChI=1S/C64H106NO8P/c1-6-8-10-12-14-16-17-18-19-20-21-22-23-24-25-26-27-28-29-30-31-32-33-34-35-36-37-38-39-40-41-42-43-44-45-46-47-49-51-53-55-57-64(67)73-62(61-72-74(68,69)71-59-58-65(3,4)5)60-70-63(66)56-54-52-50-48-15-13-11-9-7-2/h8,10,14,16,18-19,21-22,24-25,27-28,30-31,33-34,36-37,39-40,42-43,62H,6-7,9,11-13,15,17,20,23,26,29,32,35,38,41,44-61H2,1-5H3/p+1/b10-8-,16-14-,19-18-,22-21-,25-24-,28-27-,31-30-,34-33-,37-36-,40-39-,43-42-. The number of rotatable bonds is 51. The highest BCUT2D eigenvalue weighted by molar-refractivity contribution is 7.47. The molecule has 0 heterocycles. The topological polar surface area (TPSA) is 108 Å². The van der Waals surface area contributed by atoms with Gasteiger partial charge in [-0.2, -0.15) is 0 Å². The first kappa shape index (κ1) is 70.1. The average Bonchev–Trinajstić information content (AvgIpc) is 3.36. The van der Waals surface area contributed by atoms with Crippen molar-refractivity contribution in [3.8, 4) is 0 Å². The van der Waals surface area contributed by atoms with Crippen LogP contribution in [0.15, 0.2) is 134 Å². The first-order valence-corrected chi connectivity index (χ1v) is 30.4. The van der Waals surface area contributed by atoms with E-state index in [-0.39, 0.29) is 32.0 Å². The summed E-state index contributed by atoms with van der Waals surface area (Å²) < 4.78 is 34.4. The van der Waals surface area contributed by atoms with Crippen LogP contribution in [0.25, 0.3) is 0 Å². The number of likely N-dealkylation sites (N-methyl/N-ethyl adjacent to an activating group) is 1. The first-order chi connectivity index (χ1) is 36.0. The van der Waals surface area contributed by atoms with Crippen molar-refractivity contribution in [1.29, 1.82) is 0 Å². The Balaban J connectivity index is 4.07. The van der Waals surface area contributed by atoms with Gasteiger partial charge in [0.1, 0.15) is 19.8 Å². The molecule has 74 heavy (non-hydrogen) atoms. The number of esters is 2. The largest absolute Gasteiger partial charge is 0.472 e. The number of hydrogen-bond donors (Lipinski definition) is 1. The molecule has 9 nitrogen and oxygen atoms in total. The molecule has 0 saturated carbocycles. The maximum Gasteiger partial charge on any atom is 0.472 e. The number of phosphoric acid groups is 1. The molecule has 0 aliphatic carbocycles. The van der Waals surface area contributed by atoms with E-state index in [0.717, 1.165) is 116 Å². The van der Waals surface area contributed by atoms with Crippen molar-refractivity contribution in [3.05, 3.63) is 134 Å². The van der Waals surface area contributed by atoms with E-state index in [1.54, 1.807) is 0 Å². The van der Waals surface area contributed by atoms with Crippen LogP contribution in [0.3, 0.4) is 0 Å². The Bertz CT molecular complexity index is 1710. The van der Waals surface area contributed by atoms with E-state index in [1.807, 2.05) is 21.1 Å². The van der Waals surface area contributed by atoms with Crippen LogP contribution >= 0.6 is 7.82 Å². The fourth-order valence-electron chi connectivity index (χ4n) is 7.25. The van der Waals surface area contributed by atoms with Crippen molar-refractivity contribution in [3.63, 3.8) is 0 Å². The Morgan fingerprint density at radius 3 is 1.15 bits per heavy atom. The molecule has 0 amide bonds. The highest BCUT2D eigenvalue weighted by Gasteiger charge is 2.27. The van der Waals surface area contributed by atoms with Crippen LogP contribution in [-0.4, -0.2) is 74.9 Å². The van der Waals surface area contributed by atoms with E-state index < -0.39 is 26.5 Å². The molecule has 0 aromatic rings. The van der Waals surface area contributed by atoms with Gasteiger partial charge < -0.3 is 18.9 Å². The fourth-order valence-corrected chi connectivity index (χ4v) is 8.00. The molecule has 2 atom stereocenters. The molecule has 0 aliphatic rings. The van der Waals surface area contributed by atoms with Crippen molar-refractivity contribution in [1.82, 2.24) is 0 Å². The van der Waals surface area contributed by atoms with Crippen molar-refractivity contribution >= 4 is 19.8 Å². The van der Waals surface area contributed by atoms with Crippen molar-refractivity contribution in [2.45, 2.75) is 213 Å². The van der Waals surface area contributed by atoms with Gasteiger partial charge in [0, 0.05) is 12.8 Å². The summed E-state index contributed by atoms with van der Waals surface area (Å²) in [5.41, 5.74) is 0. The summed E-state index contributed by atoms with van der Waals surface area (Å²) >= 11 is 0. The molecule has 1 N–H and O–H groups in total. The summed E-state index contributed by atoms with van der Waals surface area (Å²) in [7, 11) is 1.45. The number of quaternary nitrogens is 1. The quantitative estimate of drug-likeness (QED) is 0.0211. The van der Waals surface area contributed by atoms with Crippen LogP contribution in [-0.2, 0) is 32.7 Å². The highest BCUT2D eigenvalue weighted by atomic mass is 31.2. The number of unbranched alkanes of at least 4 members (excludes halogenated alkanes) is 15. The van der Waals surface area contributed by atoms with Crippen LogP contribution in [0, 0.1) is 0 Å². The zero-order valence-electron chi connectivity index (χ0n) is 47.5. The normalized spacial score (nSPS) is 14.3. The monoisotopic (exact) mass is 1050 g/mol. The number of allylic oxidation sites excluding steroid dienone is 22. The van der Waals surface area contributed by atoms with E-state index in [1.165, 1.54) is 57.8 Å². The van der Waals surface area contributed by atoms with Crippen molar-refractivity contribution in [2.24, 2.45) is 0 Å². The molecule has 0 spiro atoms. The minimum absolute atomic E-state index is 0.0241. The molecule has 0 aromatic heterocycles. The second-order valence-electron chi connectivity index (χ2n) is 19.9. The zero-order chi connectivity index (χ0) is 54.2. The Labute approximate surface area is 453 Å². The van der Waals surface area contributed by atoms with E-state index in [9.17, 15) is 19.0 Å².